The van der Waals surface area contributed by atoms with E-state index in [1.54, 1.807) is 0 Å². The van der Waals surface area contributed by atoms with Crippen LogP contribution in [-0.4, -0.2) is 32.4 Å². The Morgan fingerprint density at radius 1 is 1.30 bits per heavy atom. The summed E-state index contributed by atoms with van der Waals surface area (Å²) in [5.74, 6) is 0. The summed E-state index contributed by atoms with van der Waals surface area (Å²) in [5, 5.41) is 0. The fourth-order valence-corrected chi connectivity index (χ4v) is 7.24. The Hall–Kier alpha value is 0.0287. The summed E-state index contributed by atoms with van der Waals surface area (Å²) < 4.78 is 16.0. The number of hydrogen-bond donors (Lipinski definition) is 0. The van der Waals surface area contributed by atoms with Gasteiger partial charge in [0, 0.05) is 0 Å². The second-order valence-corrected chi connectivity index (χ2v) is 9.76. The summed E-state index contributed by atoms with van der Waals surface area (Å²) in [4.78, 5) is 10.3. The summed E-state index contributed by atoms with van der Waals surface area (Å²) in [6, 6.07) is 0. The molecular weight excluding hydrogens is 243 g/mol. The van der Waals surface area contributed by atoms with E-state index >= 15 is 0 Å². The number of carbonyl (C=O) groups is 1. The van der Waals surface area contributed by atoms with Crippen LogP contribution < -0.4 is 0 Å². The van der Waals surface area contributed by atoms with Crippen molar-refractivity contribution >= 4 is 25.8 Å². The molecule has 56 valence electrons. The molecule has 0 N–H and O–H groups in total. The van der Waals surface area contributed by atoms with Crippen molar-refractivity contribution in [2.24, 2.45) is 0 Å². The molecule has 2 fully saturated rings. The Bertz CT molecular complexity index is 153. The number of rotatable bonds is 0. The molecule has 2 saturated heterocycles. The summed E-state index contributed by atoms with van der Waals surface area (Å²) >= 11 is -3.04. The van der Waals surface area contributed by atoms with Crippen LogP contribution in [0.5, 0.6) is 0 Å². The van der Waals surface area contributed by atoms with Crippen LogP contribution in [0.15, 0.2) is 0 Å². The first-order chi connectivity index (χ1) is 4.81. The molecule has 0 unspecified atom stereocenters. The molecule has 0 aromatic heterocycles. The molecule has 0 atom stereocenters. The molecule has 0 amide bonds. The van der Waals surface area contributed by atoms with Gasteiger partial charge in [0.25, 0.3) is 0 Å². The molecule has 0 aromatic rings. The first-order valence-electron chi connectivity index (χ1n) is 3.37. The minimum absolute atomic E-state index is 0.530. The predicted octanol–water partition coefficient (Wildman–Crippen LogP) is 0.902. The maximum atomic E-state index is 10.3. The van der Waals surface area contributed by atoms with Crippen molar-refractivity contribution in [1.82, 2.24) is 0 Å². The van der Waals surface area contributed by atoms with Gasteiger partial charge in [0.05, 0.1) is 0 Å². The van der Waals surface area contributed by atoms with Crippen LogP contribution in [0.2, 0.25) is 4.44 Å². The van der Waals surface area contributed by atoms with Gasteiger partial charge in [-0.15, -0.1) is 0 Å². The third kappa shape index (κ3) is 0.989. The fraction of sp³-hybridized carbons (Fsp3) is 0.800. The van der Waals surface area contributed by atoms with Crippen LogP contribution >= 0.6 is 0 Å². The Morgan fingerprint density at radius 2 is 2.10 bits per heavy atom. The van der Waals surface area contributed by atoms with Crippen molar-refractivity contribution < 1.29 is 14.0 Å². The molecule has 0 bridgehead atoms. The van der Waals surface area contributed by atoms with Gasteiger partial charge in [0.15, 0.2) is 0 Å². The first-order valence-corrected chi connectivity index (χ1v) is 8.88. The van der Waals surface area contributed by atoms with Crippen molar-refractivity contribution in [2.45, 2.75) is 17.3 Å². The zero-order valence-electron chi connectivity index (χ0n) is 5.46. The van der Waals surface area contributed by atoms with Crippen molar-refractivity contribution in [3.8, 4) is 0 Å². The molecule has 2 heterocycles. The molecule has 0 radical (unpaired) electrons. The van der Waals surface area contributed by atoms with Crippen molar-refractivity contribution in [1.29, 1.82) is 0 Å². The second kappa shape index (κ2) is 2.27. The molecule has 0 aromatic carbocycles. The molecule has 0 aliphatic carbocycles. The topological polar surface area (TPSA) is 44.8 Å². The molecular formula is C5H8O4Sn. The minimum atomic E-state index is -3.04. The van der Waals surface area contributed by atoms with Gasteiger partial charge in [-0.05, 0) is 0 Å². The van der Waals surface area contributed by atoms with Crippen LogP contribution in [0.4, 0.5) is 4.79 Å². The van der Waals surface area contributed by atoms with E-state index in [0.717, 1.165) is 17.3 Å². The molecule has 5 heteroatoms. The van der Waals surface area contributed by atoms with Gasteiger partial charge in [-0.25, -0.2) is 0 Å². The van der Waals surface area contributed by atoms with E-state index in [0.29, 0.717) is 6.61 Å². The van der Waals surface area contributed by atoms with E-state index in [1.165, 1.54) is 0 Å². The van der Waals surface area contributed by atoms with Gasteiger partial charge in [0.2, 0.25) is 0 Å². The van der Waals surface area contributed by atoms with Crippen LogP contribution in [0.1, 0.15) is 12.8 Å². The van der Waals surface area contributed by atoms with Gasteiger partial charge < -0.3 is 0 Å². The van der Waals surface area contributed by atoms with Crippen molar-refractivity contribution in [3.63, 3.8) is 0 Å². The van der Waals surface area contributed by atoms with Crippen LogP contribution in [0, 0.1) is 0 Å². The zero-order valence-corrected chi connectivity index (χ0v) is 8.32. The molecule has 4 nitrogen and oxygen atoms in total. The van der Waals surface area contributed by atoms with E-state index in [-0.39, 0.29) is 0 Å². The van der Waals surface area contributed by atoms with Crippen LogP contribution in [0.25, 0.3) is 0 Å². The Kier molecular flexibility index (Phi) is 1.52. The van der Waals surface area contributed by atoms with Gasteiger partial charge in [-0.2, -0.15) is 0 Å². The molecule has 2 aliphatic heterocycles. The van der Waals surface area contributed by atoms with Gasteiger partial charge in [-0.3, -0.25) is 0 Å². The normalized spacial score (nSPS) is 28.6. The third-order valence-corrected chi connectivity index (χ3v) is 9.00. The third-order valence-electron chi connectivity index (χ3n) is 1.68. The summed E-state index contributed by atoms with van der Waals surface area (Å²) in [7, 11) is 0. The number of carbonyl (C=O) groups excluding carboxylic acids is 1. The molecule has 2 rings (SSSR count). The van der Waals surface area contributed by atoms with E-state index in [1.807, 2.05) is 0 Å². The SMILES string of the molecule is O=C1[O][Sn]2([CH2]CCC[O]2)[O]1. The molecule has 0 saturated carbocycles. The summed E-state index contributed by atoms with van der Waals surface area (Å²) in [5.41, 5.74) is 0. The van der Waals surface area contributed by atoms with Crippen LogP contribution in [-0.2, 0) is 9.22 Å². The van der Waals surface area contributed by atoms with Crippen molar-refractivity contribution in [3.05, 3.63) is 0 Å². The van der Waals surface area contributed by atoms with E-state index < -0.39 is 25.8 Å². The standard InChI is InChI=1S/C4H8O.CH2O3.Sn/c1-2-3-4-5;2-1(3)4;/h1-4H2;(H2,2,3,4);/q-1;;+3/p-2. The van der Waals surface area contributed by atoms with E-state index in [9.17, 15) is 4.79 Å². The monoisotopic (exact) mass is 252 g/mol. The van der Waals surface area contributed by atoms with Crippen LogP contribution in [0.3, 0.4) is 0 Å². The van der Waals surface area contributed by atoms with E-state index in [4.69, 9.17) is 9.22 Å². The summed E-state index contributed by atoms with van der Waals surface area (Å²) in [6.07, 6.45) is 1.63. The molecule has 10 heavy (non-hydrogen) atoms. The van der Waals surface area contributed by atoms with Gasteiger partial charge in [0.1, 0.15) is 0 Å². The fourth-order valence-electron chi connectivity index (χ4n) is 1.17. The Balaban J connectivity index is 1.96. The first kappa shape index (κ1) is 6.72. The maximum absolute atomic E-state index is 10.3. The van der Waals surface area contributed by atoms with Gasteiger partial charge >= 0.3 is 63.7 Å². The summed E-state index contributed by atoms with van der Waals surface area (Å²) in [6.45, 7) is 0.712. The average molecular weight is 251 g/mol. The molecule has 1 spiro atoms. The van der Waals surface area contributed by atoms with Gasteiger partial charge in [-0.1, -0.05) is 0 Å². The quantitative estimate of drug-likeness (QED) is 0.600. The Labute approximate surface area is 64.0 Å². The van der Waals surface area contributed by atoms with E-state index in [2.05, 4.69) is 0 Å². The Morgan fingerprint density at radius 3 is 2.60 bits per heavy atom. The second-order valence-electron chi connectivity index (χ2n) is 2.44. The molecule has 2 aliphatic rings. The zero-order chi connectivity index (χ0) is 7.03. The van der Waals surface area contributed by atoms with Crippen molar-refractivity contribution in [2.75, 3.05) is 6.61 Å². The number of hydrogen-bond acceptors (Lipinski definition) is 4. The predicted molar refractivity (Wildman–Crippen MR) is 33.3 cm³/mol. The average Bonchev–Trinajstić information content (AvgIpc) is 1.87.